The zero-order valence-electron chi connectivity index (χ0n) is 5.88. The highest BCUT2D eigenvalue weighted by Gasteiger charge is 2.09. The first kappa shape index (κ1) is 8.88. The van der Waals surface area contributed by atoms with Crippen LogP contribution in [0.15, 0.2) is 0 Å². The van der Waals surface area contributed by atoms with Crippen molar-refractivity contribution in [2.24, 2.45) is 17.4 Å². The summed E-state index contributed by atoms with van der Waals surface area (Å²) < 4.78 is 0. The summed E-state index contributed by atoms with van der Waals surface area (Å²) in [6.07, 6.45) is 0.891. The molecule has 0 heterocycles. The van der Waals surface area contributed by atoms with Gasteiger partial charge in [0.1, 0.15) is 0 Å². The fraction of sp³-hybridized carbons (Fsp3) is 1.00. The Labute approximate surface area is 56.0 Å². The van der Waals surface area contributed by atoms with Gasteiger partial charge in [-0.25, -0.2) is 0 Å². The molecule has 0 spiro atoms. The first-order chi connectivity index (χ1) is 4.22. The topological polar surface area (TPSA) is 72.3 Å². The molecule has 0 amide bonds. The van der Waals surface area contributed by atoms with Gasteiger partial charge < -0.3 is 16.6 Å². The van der Waals surface area contributed by atoms with Gasteiger partial charge in [-0.15, -0.1) is 0 Å². The van der Waals surface area contributed by atoms with Crippen LogP contribution in [-0.4, -0.2) is 24.3 Å². The predicted octanol–water partition coefficient (Wildman–Crippen LogP) is -0.709. The van der Waals surface area contributed by atoms with Crippen LogP contribution >= 0.6 is 0 Å². The van der Waals surface area contributed by atoms with Gasteiger partial charge in [-0.1, -0.05) is 6.92 Å². The third-order valence-electron chi connectivity index (χ3n) is 1.56. The van der Waals surface area contributed by atoms with Crippen LogP contribution < -0.4 is 11.5 Å². The summed E-state index contributed by atoms with van der Waals surface area (Å²) in [5.74, 6) is 0.333. The lowest BCUT2D eigenvalue weighted by atomic mass is 10.0. The molecule has 0 saturated heterocycles. The standard InChI is InChI=1S/C6H16N2O/c1-5(2-3-7)6(8)4-9/h5-6,9H,2-4,7-8H2,1H3. The molecule has 0 aromatic carbocycles. The molecular weight excluding hydrogens is 116 g/mol. The number of nitrogens with two attached hydrogens (primary N) is 2. The van der Waals surface area contributed by atoms with E-state index in [-0.39, 0.29) is 12.6 Å². The minimum absolute atomic E-state index is 0.0567. The van der Waals surface area contributed by atoms with Gasteiger partial charge in [-0.2, -0.15) is 0 Å². The fourth-order valence-electron chi connectivity index (χ4n) is 0.657. The Kier molecular flexibility index (Phi) is 4.67. The highest BCUT2D eigenvalue weighted by Crippen LogP contribution is 2.02. The van der Waals surface area contributed by atoms with E-state index in [4.69, 9.17) is 16.6 Å². The molecule has 0 aromatic heterocycles. The Morgan fingerprint density at radius 2 is 2.11 bits per heavy atom. The molecule has 0 saturated carbocycles. The van der Waals surface area contributed by atoms with Crippen molar-refractivity contribution in [1.29, 1.82) is 0 Å². The lowest BCUT2D eigenvalue weighted by Gasteiger charge is -2.15. The molecule has 0 bridgehead atoms. The zero-order chi connectivity index (χ0) is 7.28. The van der Waals surface area contributed by atoms with Crippen LogP contribution in [0.3, 0.4) is 0 Å². The molecule has 2 atom stereocenters. The maximum atomic E-state index is 8.57. The molecule has 0 radical (unpaired) electrons. The smallest absolute Gasteiger partial charge is 0.0585 e. The SMILES string of the molecule is CC(CCN)C(N)CO. The summed E-state index contributed by atoms with van der Waals surface area (Å²) in [4.78, 5) is 0. The van der Waals surface area contributed by atoms with Crippen molar-refractivity contribution in [3.8, 4) is 0 Å². The summed E-state index contributed by atoms with van der Waals surface area (Å²) in [5, 5.41) is 8.57. The van der Waals surface area contributed by atoms with Crippen molar-refractivity contribution in [1.82, 2.24) is 0 Å². The summed E-state index contributed by atoms with van der Waals surface area (Å²) >= 11 is 0. The predicted molar refractivity (Wildman–Crippen MR) is 37.9 cm³/mol. The number of rotatable bonds is 4. The summed E-state index contributed by atoms with van der Waals surface area (Å²) in [6.45, 7) is 2.70. The van der Waals surface area contributed by atoms with Crippen LogP contribution in [0.4, 0.5) is 0 Å². The third-order valence-corrected chi connectivity index (χ3v) is 1.56. The van der Waals surface area contributed by atoms with E-state index in [1.807, 2.05) is 6.92 Å². The van der Waals surface area contributed by atoms with Crippen molar-refractivity contribution >= 4 is 0 Å². The van der Waals surface area contributed by atoms with Crippen LogP contribution in [0.5, 0.6) is 0 Å². The van der Waals surface area contributed by atoms with Crippen LogP contribution in [0.1, 0.15) is 13.3 Å². The summed E-state index contributed by atoms with van der Waals surface area (Å²) in [6, 6.07) is -0.103. The van der Waals surface area contributed by atoms with Gasteiger partial charge in [0.25, 0.3) is 0 Å². The molecule has 0 aliphatic heterocycles. The van der Waals surface area contributed by atoms with Gasteiger partial charge in [0.2, 0.25) is 0 Å². The molecule has 9 heavy (non-hydrogen) atoms. The molecule has 5 N–H and O–H groups in total. The van der Waals surface area contributed by atoms with Crippen molar-refractivity contribution in [2.45, 2.75) is 19.4 Å². The first-order valence-electron chi connectivity index (χ1n) is 3.28. The van der Waals surface area contributed by atoms with E-state index in [0.29, 0.717) is 12.5 Å². The normalized spacial score (nSPS) is 17.3. The molecule has 3 heteroatoms. The van der Waals surface area contributed by atoms with E-state index in [2.05, 4.69) is 0 Å². The number of hydrogen-bond donors (Lipinski definition) is 3. The molecule has 0 aliphatic carbocycles. The van der Waals surface area contributed by atoms with Gasteiger partial charge in [0.15, 0.2) is 0 Å². The highest BCUT2D eigenvalue weighted by molar-refractivity contribution is 4.67. The minimum atomic E-state index is -0.103. The highest BCUT2D eigenvalue weighted by atomic mass is 16.3. The number of aliphatic hydroxyl groups excluding tert-OH is 1. The molecule has 0 rings (SSSR count). The lowest BCUT2D eigenvalue weighted by molar-refractivity contribution is 0.229. The largest absolute Gasteiger partial charge is 0.395 e. The molecule has 3 nitrogen and oxygen atoms in total. The van der Waals surface area contributed by atoms with E-state index in [1.165, 1.54) is 0 Å². The molecule has 56 valence electrons. The van der Waals surface area contributed by atoms with Crippen molar-refractivity contribution < 1.29 is 5.11 Å². The van der Waals surface area contributed by atoms with Gasteiger partial charge >= 0.3 is 0 Å². The third kappa shape index (κ3) is 3.46. The van der Waals surface area contributed by atoms with Crippen LogP contribution in [-0.2, 0) is 0 Å². The Hall–Kier alpha value is -0.120. The molecule has 0 fully saturated rings. The number of aliphatic hydroxyl groups is 1. The fourth-order valence-corrected chi connectivity index (χ4v) is 0.657. The Balaban J connectivity index is 3.32. The van der Waals surface area contributed by atoms with Gasteiger partial charge in [-0.3, -0.25) is 0 Å². The molecular formula is C6H16N2O. The van der Waals surface area contributed by atoms with E-state index in [1.54, 1.807) is 0 Å². The van der Waals surface area contributed by atoms with Crippen molar-refractivity contribution in [3.63, 3.8) is 0 Å². The Morgan fingerprint density at radius 3 is 2.44 bits per heavy atom. The van der Waals surface area contributed by atoms with Crippen LogP contribution in [0, 0.1) is 5.92 Å². The van der Waals surface area contributed by atoms with Crippen molar-refractivity contribution in [3.05, 3.63) is 0 Å². The van der Waals surface area contributed by atoms with E-state index >= 15 is 0 Å². The minimum Gasteiger partial charge on any atom is -0.395 e. The van der Waals surface area contributed by atoms with Crippen molar-refractivity contribution in [2.75, 3.05) is 13.2 Å². The average molecular weight is 132 g/mol. The molecule has 0 aliphatic rings. The maximum absolute atomic E-state index is 8.57. The van der Waals surface area contributed by atoms with E-state index < -0.39 is 0 Å². The number of hydrogen-bond acceptors (Lipinski definition) is 3. The lowest BCUT2D eigenvalue weighted by Crippen LogP contribution is -2.33. The summed E-state index contributed by atoms with van der Waals surface area (Å²) in [7, 11) is 0. The van der Waals surface area contributed by atoms with Crippen LogP contribution in [0.2, 0.25) is 0 Å². The quantitative estimate of drug-likeness (QED) is 0.473. The average Bonchev–Trinajstić information content (AvgIpc) is 1.87. The zero-order valence-corrected chi connectivity index (χ0v) is 5.88. The van der Waals surface area contributed by atoms with Crippen LogP contribution in [0.25, 0.3) is 0 Å². The van der Waals surface area contributed by atoms with Gasteiger partial charge in [0.05, 0.1) is 6.61 Å². The second-order valence-electron chi connectivity index (χ2n) is 2.40. The Morgan fingerprint density at radius 1 is 1.56 bits per heavy atom. The molecule has 0 aromatic rings. The second-order valence-corrected chi connectivity index (χ2v) is 2.40. The van der Waals surface area contributed by atoms with Gasteiger partial charge in [0, 0.05) is 6.04 Å². The van der Waals surface area contributed by atoms with E-state index in [9.17, 15) is 0 Å². The summed E-state index contributed by atoms with van der Waals surface area (Å²) in [5.41, 5.74) is 10.8. The van der Waals surface area contributed by atoms with E-state index in [0.717, 1.165) is 6.42 Å². The second kappa shape index (κ2) is 4.73. The maximum Gasteiger partial charge on any atom is 0.0585 e. The first-order valence-corrected chi connectivity index (χ1v) is 3.28. The van der Waals surface area contributed by atoms with Gasteiger partial charge in [-0.05, 0) is 18.9 Å². The Bertz CT molecular complexity index is 68.1. The monoisotopic (exact) mass is 132 g/mol. The molecule has 2 unspecified atom stereocenters.